The summed E-state index contributed by atoms with van der Waals surface area (Å²) in [4.78, 5) is 4.22. The molecule has 92 valence electrons. The van der Waals surface area contributed by atoms with E-state index in [4.69, 9.17) is 11.0 Å². The highest BCUT2D eigenvalue weighted by molar-refractivity contribution is 5.56. The van der Waals surface area contributed by atoms with E-state index in [1.165, 1.54) is 11.8 Å². The third-order valence-corrected chi connectivity index (χ3v) is 3.02. The van der Waals surface area contributed by atoms with E-state index >= 15 is 0 Å². The van der Waals surface area contributed by atoms with Gasteiger partial charge in [0, 0.05) is 11.9 Å². The number of hydrogen-bond acceptors (Lipinski definition) is 4. The molecule has 5 heteroatoms. The molecular formula is C13H15N5. The maximum Gasteiger partial charge on any atom is 0.176 e. The lowest BCUT2D eigenvalue weighted by Gasteiger charge is -2.07. The van der Waals surface area contributed by atoms with Gasteiger partial charge in [-0.05, 0) is 31.9 Å². The highest BCUT2D eigenvalue weighted by Crippen LogP contribution is 2.21. The van der Waals surface area contributed by atoms with Crippen molar-refractivity contribution in [2.75, 3.05) is 5.73 Å². The van der Waals surface area contributed by atoms with Crippen molar-refractivity contribution in [1.29, 1.82) is 5.26 Å². The molecule has 0 aliphatic rings. The Morgan fingerprint density at radius 2 is 2.17 bits per heavy atom. The van der Waals surface area contributed by atoms with E-state index in [1.54, 1.807) is 10.7 Å². The number of aryl methyl sites for hydroxylation is 1. The van der Waals surface area contributed by atoms with Gasteiger partial charge in [0.15, 0.2) is 5.82 Å². The highest BCUT2D eigenvalue weighted by atomic mass is 15.3. The molecule has 2 N–H and O–H groups in total. The molecular weight excluding hydrogens is 226 g/mol. The predicted molar refractivity (Wildman–Crippen MR) is 69.3 cm³/mol. The van der Waals surface area contributed by atoms with Gasteiger partial charge in [-0.25, -0.2) is 9.67 Å². The van der Waals surface area contributed by atoms with Crippen LogP contribution < -0.4 is 5.73 Å². The Bertz CT molecular complexity index is 634. The van der Waals surface area contributed by atoms with E-state index in [9.17, 15) is 0 Å². The average molecular weight is 241 g/mol. The summed E-state index contributed by atoms with van der Waals surface area (Å²) in [6.07, 6.45) is 2.43. The standard InChI is InChI=1S/C13H15N5/c1-4-11-8(2)17-18(9(11)3)13-12(15)5-10(6-14)7-16-13/h5,7H,4,15H2,1-3H3. The molecule has 0 unspecified atom stereocenters. The van der Waals surface area contributed by atoms with Crippen LogP contribution in [0.15, 0.2) is 12.3 Å². The maximum atomic E-state index is 8.80. The van der Waals surface area contributed by atoms with Crippen LogP contribution in [0.5, 0.6) is 0 Å². The van der Waals surface area contributed by atoms with E-state index in [2.05, 4.69) is 17.0 Å². The van der Waals surface area contributed by atoms with Crippen LogP contribution in [0, 0.1) is 25.2 Å². The van der Waals surface area contributed by atoms with Crippen molar-refractivity contribution in [3.8, 4) is 11.9 Å². The number of nitrogens with zero attached hydrogens (tertiary/aromatic N) is 4. The zero-order valence-corrected chi connectivity index (χ0v) is 10.7. The van der Waals surface area contributed by atoms with Crippen molar-refractivity contribution in [3.05, 3.63) is 34.8 Å². The Hall–Kier alpha value is -2.35. The first-order chi connectivity index (χ1) is 8.58. The van der Waals surface area contributed by atoms with Gasteiger partial charge in [-0.3, -0.25) is 0 Å². The summed E-state index contributed by atoms with van der Waals surface area (Å²) < 4.78 is 1.74. The van der Waals surface area contributed by atoms with Crippen LogP contribution in [0.25, 0.3) is 5.82 Å². The number of nitriles is 1. The number of anilines is 1. The molecule has 0 saturated carbocycles. The SMILES string of the molecule is CCc1c(C)nn(-c2ncc(C#N)cc2N)c1C. The molecule has 2 aromatic heterocycles. The summed E-state index contributed by atoms with van der Waals surface area (Å²) >= 11 is 0. The smallest absolute Gasteiger partial charge is 0.176 e. The van der Waals surface area contributed by atoms with Gasteiger partial charge in [0.25, 0.3) is 0 Å². The lowest BCUT2D eigenvalue weighted by Crippen LogP contribution is -2.06. The minimum absolute atomic E-state index is 0.452. The van der Waals surface area contributed by atoms with Crippen LogP contribution in [0.2, 0.25) is 0 Å². The molecule has 2 aromatic rings. The van der Waals surface area contributed by atoms with E-state index < -0.39 is 0 Å². The number of hydrogen-bond donors (Lipinski definition) is 1. The third-order valence-electron chi connectivity index (χ3n) is 3.02. The highest BCUT2D eigenvalue weighted by Gasteiger charge is 2.14. The molecule has 5 nitrogen and oxygen atoms in total. The minimum Gasteiger partial charge on any atom is -0.396 e. The Labute approximate surface area is 106 Å². The van der Waals surface area contributed by atoms with Crippen molar-refractivity contribution in [3.63, 3.8) is 0 Å². The fraction of sp³-hybridized carbons (Fsp3) is 0.308. The van der Waals surface area contributed by atoms with Crippen LogP contribution in [0.1, 0.15) is 29.4 Å². The minimum atomic E-state index is 0.452. The summed E-state index contributed by atoms with van der Waals surface area (Å²) in [5.41, 5.74) is 10.1. The molecule has 0 fully saturated rings. The predicted octanol–water partition coefficient (Wildman–Crippen LogP) is 1.90. The van der Waals surface area contributed by atoms with Gasteiger partial charge in [0.1, 0.15) is 6.07 Å². The summed E-state index contributed by atoms with van der Waals surface area (Å²) in [7, 11) is 0. The second-order valence-electron chi connectivity index (χ2n) is 4.16. The summed E-state index contributed by atoms with van der Waals surface area (Å²) in [6.45, 7) is 6.07. The third kappa shape index (κ3) is 1.82. The van der Waals surface area contributed by atoms with E-state index in [0.29, 0.717) is 17.1 Å². The number of nitrogen functional groups attached to an aromatic ring is 1. The number of pyridine rings is 1. The fourth-order valence-electron chi connectivity index (χ4n) is 2.11. The zero-order chi connectivity index (χ0) is 13.3. The van der Waals surface area contributed by atoms with Crippen LogP contribution in [-0.4, -0.2) is 14.8 Å². The molecule has 2 rings (SSSR count). The van der Waals surface area contributed by atoms with Crippen molar-refractivity contribution in [2.24, 2.45) is 0 Å². The molecule has 0 atom stereocenters. The second kappa shape index (κ2) is 4.49. The Kier molecular flexibility index (Phi) is 3.02. The van der Waals surface area contributed by atoms with Gasteiger partial charge < -0.3 is 5.73 Å². The van der Waals surface area contributed by atoms with Gasteiger partial charge >= 0.3 is 0 Å². The monoisotopic (exact) mass is 241 g/mol. The number of rotatable bonds is 2. The van der Waals surface area contributed by atoms with E-state index in [-0.39, 0.29) is 0 Å². The first-order valence-electron chi connectivity index (χ1n) is 5.79. The maximum absolute atomic E-state index is 8.80. The molecule has 0 saturated heterocycles. The molecule has 0 aromatic carbocycles. The molecule has 0 aliphatic heterocycles. The molecule has 0 amide bonds. The van der Waals surface area contributed by atoms with Crippen LogP contribution >= 0.6 is 0 Å². The molecule has 0 bridgehead atoms. The van der Waals surface area contributed by atoms with Crippen molar-refractivity contribution in [1.82, 2.24) is 14.8 Å². The van der Waals surface area contributed by atoms with E-state index in [0.717, 1.165) is 17.8 Å². The van der Waals surface area contributed by atoms with Crippen LogP contribution in [0.3, 0.4) is 0 Å². The Morgan fingerprint density at radius 3 is 2.67 bits per heavy atom. The Morgan fingerprint density at radius 1 is 1.44 bits per heavy atom. The fourth-order valence-corrected chi connectivity index (χ4v) is 2.11. The van der Waals surface area contributed by atoms with Gasteiger partial charge in [-0.1, -0.05) is 6.92 Å². The first kappa shape index (κ1) is 12.1. The quantitative estimate of drug-likeness (QED) is 0.870. The molecule has 0 aliphatic carbocycles. The lowest BCUT2D eigenvalue weighted by atomic mass is 10.1. The van der Waals surface area contributed by atoms with Crippen molar-refractivity contribution >= 4 is 5.69 Å². The first-order valence-corrected chi connectivity index (χ1v) is 5.79. The van der Waals surface area contributed by atoms with Gasteiger partial charge in [-0.15, -0.1) is 0 Å². The summed E-state index contributed by atoms with van der Waals surface area (Å²) in [6, 6.07) is 3.63. The molecule has 0 radical (unpaired) electrons. The van der Waals surface area contributed by atoms with Gasteiger partial charge in [0.05, 0.1) is 16.9 Å². The lowest BCUT2D eigenvalue weighted by molar-refractivity contribution is 0.807. The molecule has 0 spiro atoms. The van der Waals surface area contributed by atoms with Crippen LogP contribution in [0.4, 0.5) is 5.69 Å². The van der Waals surface area contributed by atoms with Crippen molar-refractivity contribution < 1.29 is 0 Å². The Balaban J connectivity index is 2.60. The second-order valence-corrected chi connectivity index (χ2v) is 4.16. The van der Waals surface area contributed by atoms with Crippen molar-refractivity contribution in [2.45, 2.75) is 27.2 Å². The summed E-state index contributed by atoms with van der Waals surface area (Å²) in [5, 5.41) is 13.3. The average Bonchev–Trinajstić information content (AvgIpc) is 2.64. The topological polar surface area (TPSA) is 80.5 Å². The van der Waals surface area contributed by atoms with Gasteiger partial charge in [0.2, 0.25) is 0 Å². The zero-order valence-electron chi connectivity index (χ0n) is 10.7. The molecule has 18 heavy (non-hydrogen) atoms. The van der Waals surface area contributed by atoms with E-state index in [1.807, 2.05) is 19.9 Å². The van der Waals surface area contributed by atoms with Gasteiger partial charge in [-0.2, -0.15) is 10.4 Å². The largest absolute Gasteiger partial charge is 0.396 e. The normalized spacial score (nSPS) is 10.3. The number of nitrogens with two attached hydrogens (primary N) is 1. The molecule has 2 heterocycles. The number of aromatic nitrogens is 3. The van der Waals surface area contributed by atoms with Crippen LogP contribution in [-0.2, 0) is 6.42 Å². The summed E-state index contributed by atoms with van der Waals surface area (Å²) in [5.74, 6) is 0.578.